The minimum absolute atomic E-state index is 0.0474. The summed E-state index contributed by atoms with van der Waals surface area (Å²) in [6.07, 6.45) is 3.43. The van der Waals surface area contributed by atoms with Crippen LogP contribution in [0.1, 0.15) is 24.5 Å². The number of hydrogen-bond acceptors (Lipinski definition) is 6. The van der Waals surface area contributed by atoms with Crippen LogP contribution in [0.2, 0.25) is 5.02 Å². The topological polar surface area (TPSA) is 84.4 Å². The van der Waals surface area contributed by atoms with Crippen LogP contribution in [0, 0.1) is 5.92 Å². The van der Waals surface area contributed by atoms with E-state index in [2.05, 4.69) is 20.4 Å². The highest BCUT2D eigenvalue weighted by Crippen LogP contribution is 2.22. The molecule has 0 spiro atoms. The van der Waals surface area contributed by atoms with Gasteiger partial charge < -0.3 is 14.3 Å². The number of benzene rings is 1. The summed E-state index contributed by atoms with van der Waals surface area (Å²) in [6.45, 7) is 2.50. The Labute approximate surface area is 167 Å². The summed E-state index contributed by atoms with van der Waals surface area (Å²) in [6, 6.07) is 11.0. The highest BCUT2D eigenvalue weighted by atomic mass is 35.5. The third kappa shape index (κ3) is 4.61. The lowest BCUT2D eigenvalue weighted by molar-refractivity contribution is -0.127. The van der Waals surface area contributed by atoms with Gasteiger partial charge in [0.25, 0.3) is 0 Å². The first-order chi connectivity index (χ1) is 13.7. The SMILES string of the molecule is O=C(NCc1ccco1)C1CCCN(Cc2nc(-c3cccc(Cl)c3)no2)C1. The summed E-state index contributed by atoms with van der Waals surface area (Å²) in [7, 11) is 0. The fraction of sp³-hybridized carbons (Fsp3) is 0.350. The monoisotopic (exact) mass is 400 g/mol. The van der Waals surface area contributed by atoms with Gasteiger partial charge in [0.2, 0.25) is 17.6 Å². The minimum Gasteiger partial charge on any atom is -0.467 e. The van der Waals surface area contributed by atoms with E-state index < -0.39 is 0 Å². The molecular formula is C20H21ClN4O3. The molecule has 0 saturated carbocycles. The van der Waals surface area contributed by atoms with Crippen molar-refractivity contribution in [2.24, 2.45) is 5.92 Å². The molecule has 7 nitrogen and oxygen atoms in total. The molecule has 28 heavy (non-hydrogen) atoms. The van der Waals surface area contributed by atoms with E-state index in [0.29, 0.717) is 36.4 Å². The van der Waals surface area contributed by atoms with Crippen molar-refractivity contribution >= 4 is 17.5 Å². The highest BCUT2D eigenvalue weighted by Gasteiger charge is 2.27. The van der Waals surface area contributed by atoms with Crippen LogP contribution in [0.15, 0.2) is 51.6 Å². The van der Waals surface area contributed by atoms with Crippen molar-refractivity contribution in [2.75, 3.05) is 13.1 Å². The van der Waals surface area contributed by atoms with Gasteiger partial charge in [-0.3, -0.25) is 9.69 Å². The minimum atomic E-state index is -0.0564. The summed E-state index contributed by atoms with van der Waals surface area (Å²) >= 11 is 6.02. The number of carbonyl (C=O) groups is 1. The zero-order chi connectivity index (χ0) is 19.3. The molecule has 8 heteroatoms. The Morgan fingerprint density at radius 3 is 3.07 bits per heavy atom. The lowest BCUT2D eigenvalue weighted by atomic mass is 9.97. The molecule has 1 aromatic carbocycles. The summed E-state index contributed by atoms with van der Waals surface area (Å²) in [5.41, 5.74) is 0.816. The predicted molar refractivity (Wildman–Crippen MR) is 103 cm³/mol. The maximum Gasteiger partial charge on any atom is 0.241 e. The quantitative estimate of drug-likeness (QED) is 0.681. The molecule has 1 N–H and O–H groups in total. The lowest BCUT2D eigenvalue weighted by Crippen LogP contribution is -2.42. The number of carbonyl (C=O) groups excluding carboxylic acids is 1. The Morgan fingerprint density at radius 1 is 1.32 bits per heavy atom. The number of rotatable bonds is 6. The summed E-state index contributed by atoms with van der Waals surface area (Å²) < 4.78 is 10.7. The van der Waals surface area contributed by atoms with Crippen LogP contribution < -0.4 is 5.32 Å². The van der Waals surface area contributed by atoms with Crippen LogP contribution in [-0.2, 0) is 17.9 Å². The number of furan rings is 1. The van der Waals surface area contributed by atoms with Crippen molar-refractivity contribution in [2.45, 2.75) is 25.9 Å². The average Bonchev–Trinajstić information content (AvgIpc) is 3.38. The first-order valence-electron chi connectivity index (χ1n) is 9.28. The number of piperidine rings is 1. The van der Waals surface area contributed by atoms with Crippen LogP contribution >= 0.6 is 11.6 Å². The second-order valence-electron chi connectivity index (χ2n) is 6.89. The molecule has 0 aliphatic carbocycles. The van der Waals surface area contributed by atoms with Gasteiger partial charge in [0.05, 0.1) is 25.3 Å². The van der Waals surface area contributed by atoms with Crippen molar-refractivity contribution < 1.29 is 13.7 Å². The Kier molecular flexibility index (Phi) is 5.73. The van der Waals surface area contributed by atoms with E-state index in [9.17, 15) is 4.79 Å². The second-order valence-corrected chi connectivity index (χ2v) is 7.33. The van der Waals surface area contributed by atoms with E-state index in [0.717, 1.165) is 30.7 Å². The second kappa shape index (κ2) is 8.58. The highest BCUT2D eigenvalue weighted by molar-refractivity contribution is 6.30. The van der Waals surface area contributed by atoms with Gasteiger partial charge in [-0.1, -0.05) is 28.9 Å². The maximum atomic E-state index is 12.5. The number of halogens is 1. The molecular weight excluding hydrogens is 380 g/mol. The van der Waals surface area contributed by atoms with E-state index in [1.165, 1.54) is 0 Å². The number of amides is 1. The van der Waals surface area contributed by atoms with Gasteiger partial charge in [-0.15, -0.1) is 0 Å². The largest absolute Gasteiger partial charge is 0.467 e. The Balaban J connectivity index is 1.33. The van der Waals surface area contributed by atoms with Crippen molar-refractivity contribution in [1.29, 1.82) is 0 Å². The summed E-state index contributed by atoms with van der Waals surface area (Å²) in [5, 5.41) is 7.62. The normalized spacial score (nSPS) is 17.5. The molecule has 3 heterocycles. The van der Waals surface area contributed by atoms with Gasteiger partial charge in [0.1, 0.15) is 5.76 Å². The number of nitrogens with zero attached hydrogens (tertiary/aromatic N) is 3. The van der Waals surface area contributed by atoms with Gasteiger partial charge >= 0.3 is 0 Å². The molecule has 1 atom stereocenters. The molecule has 1 aliphatic rings. The Bertz CT molecular complexity index is 925. The van der Waals surface area contributed by atoms with Crippen molar-refractivity contribution in [3.63, 3.8) is 0 Å². The smallest absolute Gasteiger partial charge is 0.241 e. The molecule has 3 aromatic rings. The van der Waals surface area contributed by atoms with Crippen LogP contribution in [0.4, 0.5) is 0 Å². The van der Waals surface area contributed by atoms with Crippen LogP contribution in [0.25, 0.3) is 11.4 Å². The Hall–Kier alpha value is -2.64. The molecule has 146 valence electrons. The van der Waals surface area contributed by atoms with Gasteiger partial charge in [0, 0.05) is 17.1 Å². The number of likely N-dealkylation sites (tertiary alicyclic amines) is 1. The van der Waals surface area contributed by atoms with Gasteiger partial charge in [-0.2, -0.15) is 4.98 Å². The number of aromatic nitrogens is 2. The molecule has 1 amide bonds. The Morgan fingerprint density at radius 2 is 2.25 bits per heavy atom. The fourth-order valence-electron chi connectivity index (χ4n) is 3.40. The lowest BCUT2D eigenvalue weighted by Gasteiger charge is -2.30. The first-order valence-corrected chi connectivity index (χ1v) is 9.66. The zero-order valence-corrected chi connectivity index (χ0v) is 16.1. The van der Waals surface area contributed by atoms with E-state index in [1.54, 1.807) is 18.4 Å². The maximum absolute atomic E-state index is 12.5. The molecule has 1 saturated heterocycles. The van der Waals surface area contributed by atoms with Crippen molar-refractivity contribution in [1.82, 2.24) is 20.4 Å². The molecule has 0 radical (unpaired) electrons. The third-order valence-electron chi connectivity index (χ3n) is 4.80. The van der Waals surface area contributed by atoms with Crippen molar-refractivity contribution in [3.05, 3.63) is 59.3 Å². The van der Waals surface area contributed by atoms with Crippen LogP contribution in [0.3, 0.4) is 0 Å². The van der Waals surface area contributed by atoms with Gasteiger partial charge in [-0.25, -0.2) is 0 Å². The number of hydrogen-bond donors (Lipinski definition) is 1. The first kappa shape index (κ1) is 18.7. The van der Waals surface area contributed by atoms with E-state index in [-0.39, 0.29) is 11.8 Å². The van der Waals surface area contributed by atoms with E-state index in [4.69, 9.17) is 20.5 Å². The molecule has 0 bridgehead atoms. The molecule has 1 fully saturated rings. The summed E-state index contributed by atoms with van der Waals surface area (Å²) in [5.74, 6) is 1.79. The molecule has 1 aliphatic heterocycles. The summed E-state index contributed by atoms with van der Waals surface area (Å²) in [4.78, 5) is 19.1. The number of nitrogens with one attached hydrogen (secondary N) is 1. The van der Waals surface area contributed by atoms with Gasteiger partial charge in [-0.05, 0) is 43.7 Å². The predicted octanol–water partition coefficient (Wildman–Crippen LogP) is 3.51. The standard InChI is InChI=1S/C20H21ClN4O3/c21-16-6-1-4-14(10-16)19-23-18(28-24-19)13-25-8-2-5-15(12-25)20(26)22-11-17-7-3-9-27-17/h1,3-4,6-7,9-10,15H,2,5,8,11-13H2,(H,22,26). The average molecular weight is 401 g/mol. The molecule has 2 aromatic heterocycles. The zero-order valence-electron chi connectivity index (χ0n) is 15.3. The van der Waals surface area contributed by atoms with Crippen LogP contribution in [-0.4, -0.2) is 34.0 Å². The van der Waals surface area contributed by atoms with Crippen molar-refractivity contribution in [3.8, 4) is 11.4 Å². The molecule has 1 unspecified atom stereocenters. The fourth-order valence-corrected chi connectivity index (χ4v) is 3.59. The van der Waals surface area contributed by atoms with Crippen LogP contribution in [0.5, 0.6) is 0 Å². The van der Waals surface area contributed by atoms with Gasteiger partial charge in [0.15, 0.2) is 0 Å². The molecule has 4 rings (SSSR count). The third-order valence-corrected chi connectivity index (χ3v) is 5.04. The van der Waals surface area contributed by atoms with E-state index >= 15 is 0 Å². The van der Waals surface area contributed by atoms with E-state index in [1.807, 2.05) is 24.3 Å².